The van der Waals surface area contributed by atoms with Gasteiger partial charge in [-0.15, -0.1) is 0 Å². The van der Waals surface area contributed by atoms with E-state index < -0.39 is 0 Å². The first-order valence-electron chi connectivity index (χ1n) is 7.48. The van der Waals surface area contributed by atoms with Gasteiger partial charge in [-0.05, 0) is 18.8 Å². The highest BCUT2D eigenvalue weighted by molar-refractivity contribution is 5.87. The van der Waals surface area contributed by atoms with Crippen LogP contribution in [0.15, 0.2) is 12.2 Å². The maximum atomic E-state index is 11.8. The Hall–Kier alpha value is -1.36. The molecule has 2 aliphatic heterocycles. The van der Waals surface area contributed by atoms with Crippen LogP contribution in [0.4, 0.5) is 0 Å². The van der Waals surface area contributed by atoms with Crippen molar-refractivity contribution in [3.8, 4) is 0 Å². The molecule has 0 N–H and O–H groups in total. The van der Waals surface area contributed by atoms with E-state index >= 15 is 0 Å². The minimum Gasteiger partial charge on any atom is -0.357 e. The molecule has 0 spiro atoms. The molecule has 0 saturated carbocycles. The van der Waals surface area contributed by atoms with E-state index in [-0.39, 0.29) is 11.8 Å². The van der Waals surface area contributed by atoms with Crippen LogP contribution in [-0.4, -0.2) is 54.6 Å². The minimum absolute atomic E-state index is 0.0214. The summed E-state index contributed by atoms with van der Waals surface area (Å²) in [6, 6.07) is 0. The van der Waals surface area contributed by atoms with Gasteiger partial charge in [-0.25, -0.2) is 0 Å². The van der Waals surface area contributed by atoms with Gasteiger partial charge < -0.3 is 14.5 Å². The summed E-state index contributed by atoms with van der Waals surface area (Å²) in [4.78, 5) is 27.1. The molecule has 1 saturated heterocycles. The van der Waals surface area contributed by atoms with Crippen LogP contribution in [0.3, 0.4) is 0 Å². The molecule has 5 heteroatoms. The van der Waals surface area contributed by atoms with Crippen LogP contribution < -0.4 is 0 Å². The summed E-state index contributed by atoms with van der Waals surface area (Å²) in [5.74, 6) is 0.967. The second kappa shape index (κ2) is 7.43. The van der Waals surface area contributed by atoms with Gasteiger partial charge in [0.15, 0.2) is 0 Å². The zero-order valence-corrected chi connectivity index (χ0v) is 12.2. The van der Waals surface area contributed by atoms with Gasteiger partial charge in [0.05, 0.1) is 6.61 Å². The Morgan fingerprint density at radius 1 is 1.35 bits per heavy atom. The summed E-state index contributed by atoms with van der Waals surface area (Å²) in [7, 11) is 0. The molecule has 0 aliphatic carbocycles. The summed E-state index contributed by atoms with van der Waals surface area (Å²) in [5, 5.41) is 0. The van der Waals surface area contributed by atoms with Gasteiger partial charge in [0, 0.05) is 32.1 Å². The van der Waals surface area contributed by atoms with Gasteiger partial charge in [0.25, 0.3) is 0 Å². The molecule has 1 fully saturated rings. The van der Waals surface area contributed by atoms with Crippen LogP contribution in [0.1, 0.15) is 32.6 Å². The molecule has 112 valence electrons. The highest BCUT2D eigenvalue weighted by atomic mass is 16.5. The van der Waals surface area contributed by atoms with E-state index in [4.69, 9.17) is 4.74 Å². The molecule has 0 aromatic rings. The quantitative estimate of drug-likeness (QED) is 0.691. The van der Waals surface area contributed by atoms with Gasteiger partial charge >= 0.3 is 0 Å². The van der Waals surface area contributed by atoms with Crippen LogP contribution in [0.25, 0.3) is 0 Å². The number of rotatable bonds is 6. The lowest BCUT2D eigenvalue weighted by molar-refractivity contribution is -0.137. The molecule has 2 amide bonds. The summed E-state index contributed by atoms with van der Waals surface area (Å²) < 4.78 is 5.29. The normalized spacial score (nSPS) is 19.9. The summed E-state index contributed by atoms with van der Waals surface area (Å²) in [6.07, 6.45) is 6.76. The number of hydrogen-bond acceptors (Lipinski definition) is 3. The molecule has 0 aromatic heterocycles. The monoisotopic (exact) mass is 280 g/mol. The van der Waals surface area contributed by atoms with Crippen LogP contribution in [0, 0.1) is 5.92 Å². The van der Waals surface area contributed by atoms with Crippen LogP contribution >= 0.6 is 0 Å². The summed E-state index contributed by atoms with van der Waals surface area (Å²) in [6.45, 7) is 5.59. The third-order valence-electron chi connectivity index (χ3n) is 3.77. The first kappa shape index (κ1) is 15.0. The molecule has 20 heavy (non-hydrogen) atoms. The third-order valence-corrected chi connectivity index (χ3v) is 3.77. The number of carbonyl (C=O) groups is 2. The Balaban J connectivity index is 1.54. The number of unbranched alkanes of at least 4 members (excludes halogenated alkanes) is 2. The molecule has 2 aliphatic rings. The number of carbonyl (C=O) groups excluding carboxylic acids is 2. The number of nitrogens with zero attached hydrogens (tertiary/aromatic N) is 2. The fourth-order valence-corrected chi connectivity index (χ4v) is 2.54. The van der Waals surface area contributed by atoms with Gasteiger partial charge in [0.2, 0.25) is 11.8 Å². The lowest BCUT2D eigenvalue weighted by Crippen LogP contribution is -2.48. The predicted molar refractivity (Wildman–Crippen MR) is 75.9 cm³/mol. The minimum atomic E-state index is 0.0214. The molecule has 0 bridgehead atoms. The van der Waals surface area contributed by atoms with E-state index in [2.05, 4.69) is 6.92 Å². The first-order chi connectivity index (χ1) is 9.66. The van der Waals surface area contributed by atoms with Crippen LogP contribution in [0.5, 0.6) is 0 Å². The average Bonchev–Trinajstić information content (AvgIpc) is 2.59. The fourth-order valence-electron chi connectivity index (χ4n) is 2.54. The Labute approximate surface area is 120 Å². The SMILES string of the molecule is CC1CN(C(=O)CCCCCN2COCC=CC2=O)C1. The molecule has 0 aromatic carbocycles. The van der Waals surface area contributed by atoms with Crippen molar-refractivity contribution in [2.45, 2.75) is 32.6 Å². The second-order valence-electron chi connectivity index (χ2n) is 5.72. The van der Waals surface area contributed by atoms with Crippen molar-refractivity contribution in [1.82, 2.24) is 9.80 Å². The molecule has 2 rings (SSSR count). The van der Waals surface area contributed by atoms with Crippen molar-refractivity contribution in [3.63, 3.8) is 0 Å². The number of likely N-dealkylation sites (tertiary alicyclic amines) is 1. The third kappa shape index (κ3) is 4.34. The van der Waals surface area contributed by atoms with Gasteiger partial charge in [-0.1, -0.05) is 19.4 Å². The van der Waals surface area contributed by atoms with Crippen molar-refractivity contribution in [3.05, 3.63) is 12.2 Å². The Morgan fingerprint density at radius 3 is 2.90 bits per heavy atom. The number of ether oxygens (including phenoxy) is 1. The molecule has 0 radical (unpaired) electrons. The molecular weight excluding hydrogens is 256 g/mol. The molecule has 5 nitrogen and oxygen atoms in total. The summed E-state index contributed by atoms with van der Waals surface area (Å²) >= 11 is 0. The van der Waals surface area contributed by atoms with E-state index in [0.717, 1.165) is 32.4 Å². The second-order valence-corrected chi connectivity index (χ2v) is 5.72. The van der Waals surface area contributed by atoms with Crippen molar-refractivity contribution in [2.24, 2.45) is 5.92 Å². The number of hydrogen-bond donors (Lipinski definition) is 0. The maximum Gasteiger partial charge on any atom is 0.248 e. The smallest absolute Gasteiger partial charge is 0.248 e. The van der Waals surface area contributed by atoms with Gasteiger partial charge in [-0.2, -0.15) is 0 Å². The highest BCUT2D eigenvalue weighted by Gasteiger charge is 2.26. The van der Waals surface area contributed by atoms with E-state index in [1.807, 2.05) is 4.90 Å². The zero-order chi connectivity index (χ0) is 14.4. The van der Waals surface area contributed by atoms with E-state index in [0.29, 0.717) is 32.2 Å². The first-order valence-corrected chi connectivity index (χ1v) is 7.48. The largest absolute Gasteiger partial charge is 0.357 e. The highest BCUT2D eigenvalue weighted by Crippen LogP contribution is 2.16. The number of amides is 2. The Kier molecular flexibility index (Phi) is 5.59. The molecular formula is C15H24N2O3. The van der Waals surface area contributed by atoms with E-state index in [9.17, 15) is 9.59 Å². The van der Waals surface area contributed by atoms with Crippen molar-refractivity contribution in [2.75, 3.05) is 33.0 Å². The van der Waals surface area contributed by atoms with Gasteiger partial charge in [0.1, 0.15) is 6.73 Å². The summed E-state index contributed by atoms with van der Waals surface area (Å²) in [5.41, 5.74) is 0. The zero-order valence-electron chi connectivity index (χ0n) is 12.2. The Morgan fingerprint density at radius 2 is 2.15 bits per heavy atom. The average molecular weight is 280 g/mol. The molecule has 0 atom stereocenters. The van der Waals surface area contributed by atoms with E-state index in [1.165, 1.54) is 0 Å². The predicted octanol–water partition coefficient (Wildman–Crippen LogP) is 1.40. The Bertz CT molecular complexity index is 375. The van der Waals surface area contributed by atoms with Crippen LogP contribution in [-0.2, 0) is 14.3 Å². The van der Waals surface area contributed by atoms with Gasteiger partial charge in [-0.3, -0.25) is 9.59 Å². The van der Waals surface area contributed by atoms with Crippen molar-refractivity contribution >= 4 is 11.8 Å². The molecule has 0 unspecified atom stereocenters. The lowest BCUT2D eigenvalue weighted by Gasteiger charge is -2.37. The van der Waals surface area contributed by atoms with Crippen molar-refractivity contribution in [1.29, 1.82) is 0 Å². The lowest BCUT2D eigenvalue weighted by atomic mass is 10.0. The standard InChI is InChI=1S/C15H24N2O3/c1-13-10-17(11-13)15(19)6-3-2-4-8-16-12-20-9-5-7-14(16)18/h5,7,13H,2-4,6,8-12H2,1H3. The fraction of sp³-hybridized carbons (Fsp3) is 0.733. The maximum absolute atomic E-state index is 11.8. The molecule has 2 heterocycles. The van der Waals surface area contributed by atoms with Crippen molar-refractivity contribution < 1.29 is 14.3 Å². The van der Waals surface area contributed by atoms with E-state index in [1.54, 1.807) is 17.1 Å². The van der Waals surface area contributed by atoms with Crippen LogP contribution in [0.2, 0.25) is 0 Å². The topological polar surface area (TPSA) is 49.9 Å².